The van der Waals surface area contributed by atoms with Gasteiger partial charge in [-0.3, -0.25) is 4.79 Å². The van der Waals surface area contributed by atoms with Gasteiger partial charge in [0.1, 0.15) is 12.4 Å². The molecule has 1 saturated heterocycles. The molecule has 7 nitrogen and oxygen atoms in total. The predicted octanol–water partition coefficient (Wildman–Crippen LogP) is 3.18. The molecule has 3 rings (SSSR count). The molecule has 2 N–H and O–H groups in total. The number of amides is 2. The number of phenols is 1. The van der Waals surface area contributed by atoms with Crippen LogP contribution in [0.3, 0.4) is 0 Å². The molecule has 31 heavy (non-hydrogen) atoms. The second-order valence-electron chi connectivity index (χ2n) is 6.95. The Morgan fingerprint density at radius 1 is 1.19 bits per heavy atom. The summed E-state index contributed by atoms with van der Waals surface area (Å²) in [6, 6.07) is 10.3. The maximum Gasteiger partial charge on any atom is 0.416 e. The average Bonchev–Trinajstić information content (AvgIpc) is 2.76. The highest BCUT2D eigenvalue weighted by Gasteiger charge is 2.30. The second-order valence-corrected chi connectivity index (χ2v) is 6.95. The number of phenolic OH excluding ortho intramolecular Hbond substituents is 1. The third-order valence-corrected chi connectivity index (χ3v) is 4.63. The predicted molar refractivity (Wildman–Crippen MR) is 103 cm³/mol. The minimum atomic E-state index is -4.47. The second kappa shape index (κ2) is 9.69. The molecular formula is C21H21F3N2O5. The van der Waals surface area contributed by atoms with E-state index in [1.807, 2.05) is 0 Å². The molecule has 10 heteroatoms. The van der Waals surface area contributed by atoms with E-state index in [2.05, 4.69) is 5.32 Å². The van der Waals surface area contributed by atoms with E-state index in [9.17, 15) is 27.9 Å². The van der Waals surface area contributed by atoms with Crippen LogP contribution in [0.15, 0.2) is 48.5 Å². The first-order valence-corrected chi connectivity index (χ1v) is 9.49. The fourth-order valence-corrected chi connectivity index (χ4v) is 3.00. The SMILES string of the molecule is O=C(NCC1CN(C(=O)OCc2cccc(C(F)(F)F)c2)CCO1)c1ccc(O)cc1. The van der Waals surface area contributed by atoms with Crippen LogP contribution in [0, 0.1) is 0 Å². The molecule has 0 aromatic heterocycles. The molecule has 2 aromatic carbocycles. The van der Waals surface area contributed by atoms with Crippen molar-refractivity contribution in [3.63, 3.8) is 0 Å². The fourth-order valence-electron chi connectivity index (χ4n) is 3.00. The fraction of sp³-hybridized carbons (Fsp3) is 0.333. The molecule has 1 atom stereocenters. The normalized spacial score (nSPS) is 16.6. The Morgan fingerprint density at radius 2 is 1.94 bits per heavy atom. The number of nitrogens with one attached hydrogen (secondary N) is 1. The van der Waals surface area contributed by atoms with Crippen molar-refractivity contribution in [2.75, 3.05) is 26.2 Å². The Kier molecular flexibility index (Phi) is 7.01. The molecule has 1 heterocycles. The summed E-state index contributed by atoms with van der Waals surface area (Å²) >= 11 is 0. The number of carbonyl (C=O) groups is 2. The number of rotatable bonds is 5. The van der Waals surface area contributed by atoms with Crippen LogP contribution in [-0.4, -0.2) is 54.4 Å². The van der Waals surface area contributed by atoms with Gasteiger partial charge in [0.15, 0.2) is 0 Å². The van der Waals surface area contributed by atoms with Gasteiger partial charge < -0.3 is 24.8 Å². The van der Waals surface area contributed by atoms with E-state index in [1.54, 1.807) is 0 Å². The number of carbonyl (C=O) groups excluding carboxylic acids is 2. The van der Waals surface area contributed by atoms with Gasteiger partial charge in [0.05, 0.1) is 24.8 Å². The van der Waals surface area contributed by atoms with Crippen LogP contribution in [0.25, 0.3) is 0 Å². The van der Waals surface area contributed by atoms with Crippen LogP contribution in [0.1, 0.15) is 21.5 Å². The molecule has 0 radical (unpaired) electrons. The van der Waals surface area contributed by atoms with E-state index >= 15 is 0 Å². The highest BCUT2D eigenvalue weighted by molar-refractivity contribution is 5.94. The van der Waals surface area contributed by atoms with Crippen LogP contribution in [0.5, 0.6) is 5.75 Å². The Morgan fingerprint density at radius 3 is 2.65 bits per heavy atom. The Balaban J connectivity index is 1.48. The van der Waals surface area contributed by atoms with Gasteiger partial charge in [-0.25, -0.2) is 4.79 Å². The van der Waals surface area contributed by atoms with Crippen LogP contribution in [-0.2, 0) is 22.3 Å². The van der Waals surface area contributed by atoms with Gasteiger partial charge in [-0.15, -0.1) is 0 Å². The third kappa shape index (κ3) is 6.35. The number of aromatic hydroxyl groups is 1. The molecule has 1 unspecified atom stereocenters. The van der Waals surface area contributed by atoms with E-state index in [4.69, 9.17) is 9.47 Å². The van der Waals surface area contributed by atoms with E-state index < -0.39 is 23.9 Å². The first kappa shape index (κ1) is 22.4. The maximum atomic E-state index is 12.8. The lowest BCUT2D eigenvalue weighted by Crippen LogP contribution is -2.49. The smallest absolute Gasteiger partial charge is 0.416 e. The van der Waals surface area contributed by atoms with E-state index in [0.717, 1.165) is 12.1 Å². The van der Waals surface area contributed by atoms with Gasteiger partial charge in [0.2, 0.25) is 0 Å². The summed E-state index contributed by atoms with van der Waals surface area (Å²) in [7, 11) is 0. The molecule has 0 saturated carbocycles. The molecule has 0 bridgehead atoms. The lowest BCUT2D eigenvalue weighted by atomic mass is 10.1. The van der Waals surface area contributed by atoms with Crippen molar-refractivity contribution < 1.29 is 37.3 Å². The minimum absolute atomic E-state index is 0.0476. The van der Waals surface area contributed by atoms with E-state index in [0.29, 0.717) is 5.56 Å². The van der Waals surface area contributed by atoms with Gasteiger partial charge in [-0.1, -0.05) is 12.1 Å². The number of morpholine rings is 1. The van der Waals surface area contributed by atoms with Gasteiger partial charge in [0.25, 0.3) is 5.91 Å². The summed E-state index contributed by atoms with van der Waals surface area (Å²) in [6.45, 7) is 0.527. The standard InChI is InChI=1S/C21H21F3N2O5/c22-21(23,24)16-3-1-2-14(10-16)13-31-20(29)26-8-9-30-18(12-26)11-25-19(28)15-4-6-17(27)7-5-15/h1-7,10,18,27H,8-9,11-13H2,(H,25,28). The zero-order valence-electron chi connectivity index (χ0n) is 16.4. The molecule has 1 fully saturated rings. The zero-order chi connectivity index (χ0) is 22.4. The number of halogens is 3. The molecule has 0 spiro atoms. The Hall–Kier alpha value is -3.27. The van der Waals surface area contributed by atoms with Crippen LogP contribution in [0.2, 0.25) is 0 Å². The van der Waals surface area contributed by atoms with Crippen molar-refractivity contribution >= 4 is 12.0 Å². The number of hydrogen-bond donors (Lipinski definition) is 2. The lowest BCUT2D eigenvalue weighted by molar-refractivity contribution is -0.137. The number of alkyl halides is 3. The van der Waals surface area contributed by atoms with Crippen LogP contribution < -0.4 is 5.32 Å². The summed E-state index contributed by atoms with van der Waals surface area (Å²) in [5.74, 6) is -0.306. The van der Waals surface area contributed by atoms with Crippen molar-refractivity contribution in [3.05, 3.63) is 65.2 Å². The van der Waals surface area contributed by atoms with Crippen molar-refractivity contribution in [3.8, 4) is 5.75 Å². The monoisotopic (exact) mass is 438 g/mol. The Bertz CT molecular complexity index is 918. The molecule has 1 aliphatic heterocycles. The summed E-state index contributed by atoms with van der Waals surface area (Å²) in [5.41, 5.74) is -0.211. The van der Waals surface area contributed by atoms with Crippen LogP contribution >= 0.6 is 0 Å². The zero-order valence-corrected chi connectivity index (χ0v) is 16.4. The van der Waals surface area contributed by atoms with Gasteiger partial charge in [-0.2, -0.15) is 13.2 Å². The van der Waals surface area contributed by atoms with Crippen molar-refractivity contribution in [1.29, 1.82) is 0 Å². The first-order chi connectivity index (χ1) is 14.7. The maximum absolute atomic E-state index is 12.8. The Labute approximate surface area is 176 Å². The van der Waals surface area contributed by atoms with Crippen molar-refractivity contribution in [2.45, 2.75) is 18.9 Å². The number of nitrogens with zero attached hydrogens (tertiary/aromatic N) is 1. The van der Waals surface area contributed by atoms with Gasteiger partial charge >= 0.3 is 12.3 Å². The number of ether oxygens (including phenoxy) is 2. The summed E-state index contributed by atoms with van der Waals surface area (Å²) in [6.07, 6.45) is -5.60. The third-order valence-electron chi connectivity index (χ3n) is 4.63. The largest absolute Gasteiger partial charge is 0.508 e. The molecule has 166 valence electrons. The van der Waals surface area contributed by atoms with E-state index in [1.165, 1.54) is 41.3 Å². The first-order valence-electron chi connectivity index (χ1n) is 9.49. The average molecular weight is 438 g/mol. The quantitative estimate of drug-likeness (QED) is 0.749. The molecule has 0 aliphatic carbocycles. The highest BCUT2D eigenvalue weighted by atomic mass is 19.4. The highest BCUT2D eigenvalue weighted by Crippen LogP contribution is 2.29. The summed E-state index contributed by atoms with van der Waals surface area (Å²) < 4.78 is 49.0. The van der Waals surface area contributed by atoms with Crippen molar-refractivity contribution in [1.82, 2.24) is 10.2 Å². The van der Waals surface area contributed by atoms with Gasteiger partial charge in [0, 0.05) is 18.7 Å². The molecule has 1 aliphatic rings. The summed E-state index contributed by atoms with van der Waals surface area (Å²) in [5, 5.41) is 12.0. The summed E-state index contributed by atoms with van der Waals surface area (Å²) in [4.78, 5) is 25.8. The molecular weight excluding hydrogens is 417 g/mol. The van der Waals surface area contributed by atoms with Crippen molar-refractivity contribution in [2.24, 2.45) is 0 Å². The van der Waals surface area contributed by atoms with Crippen LogP contribution in [0.4, 0.5) is 18.0 Å². The van der Waals surface area contributed by atoms with E-state index in [-0.39, 0.29) is 50.1 Å². The molecule has 2 aromatic rings. The number of benzene rings is 2. The van der Waals surface area contributed by atoms with Gasteiger partial charge in [-0.05, 0) is 42.0 Å². The lowest BCUT2D eigenvalue weighted by Gasteiger charge is -2.32. The number of hydrogen-bond acceptors (Lipinski definition) is 5. The molecule has 2 amide bonds. The topological polar surface area (TPSA) is 88.1 Å². The minimum Gasteiger partial charge on any atom is -0.508 e.